The van der Waals surface area contributed by atoms with Crippen molar-refractivity contribution in [3.63, 3.8) is 0 Å². The van der Waals surface area contributed by atoms with Gasteiger partial charge in [-0.25, -0.2) is 9.59 Å². The van der Waals surface area contributed by atoms with Crippen LogP contribution in [0.4, 0.5) is 10.5 Å². The number of esters is 1. The molecule has 0 radical (unpaired) electrons. The minimum Gasteiger partial charge on any atom is -0.495 e. The number of para-hydroxylation sites is 2. The van der Waals surface area contributed by atoms with Crippen LogP contribution in [0.2, 0.25) is 0 Å². The number of ether oxygens (including phenoxy) is 2. The minimum atomic E-state index is -0.353. The number of rotatable bonds is 7. The summed E-state index contributed by atoms with van der Waals surface area (Å²) in [5.41, 5.74) is 2.33. The molecule has 29 heavy (non-hydrogen) atoms. The molecule has 0 aliphatic carbocycles. The Bertz CT molecular complexity index is 772. The summed E-state index contributed by atoms with van der Waals surface area (Å²) in [5.74, 6) is 0.522. The average molecular weight is 404 g/mol. The van der Waals surface area contributed by atoms with Crippen molar-refractivity contribution in [2.45, 2.75) is 26.3 Å². The summed E-state index contributed by atoms with van der Waals surface area (Å²) in [6.45, 7) is 8.20. The molecule has 8 nitrogen and oxygen atoms in total. The number of quaternary nitrogens is 1. The van der Waals surface area contributed by atoms with Crippen LogP contribution in [0.25, 0.3) is 0 Å². The second kappa shape index (κ2) is 9.65. The molecule has 0 spiro atoms. The van der Waals surface area contributed by atoms with Crippen LogP contribution in [0.1, 0.15) is 20.3 Å². The highest BCUT2D eigenvalue weighted by Gasteiger charge is 2.34. The van der Waals surface area contributed by atoms with Gasteiger partial charge in [0.15, 0.2) is 0 Å². The first kappa shape index (κ1) is 21.0. The summed E-state index contributed by atoms with van der Waals surface area (Å²) < 4.78 is 10.7. The summed E-state index contributed by atoms with van der Waals surface area (Å²) in [6, 6.07) is 7.46. The maximum absolute atomic E-state index is 12.5. The van der Waals surface area contributed by atoms with Crippen molar-refractivity contribution in [2.75, 3.05) is 51.3 Å². The average Bonchev–Trinajstić information content (AvgIpc) is 2.74. The molecule has 8 heteroatoms. The van der Waals surface area contributed by atoms with Gasteiger partial charge in [0.05, 0.1) is 62.9 Å². The molecule has 1 aromatic carbocycles. The van der Waals surface area contributed by atoms with Gasteiger partial charge in [-0.05, 0) is 25.5 Å². The van der Waals surface area contributed by atoms with Gasteiger partial charge in [0, 0.05) is 0 Å². The van der Waals surface area contributed by atoms with E-state index in [-0.39, 0.29) is 18.0 Å². The van der Waals surface area contributed by atoms with Gasteiger partial charge < -0.3 is 29.9 Å². The van der Waals surface area contributed by atoms with Crippen molar-refractivity contribution in [1.29, 1.82) is 0 Å². The van der Waals surface area contributed by atoms with E-state index in [4.69, 9.17) is 9.47 Å². The molecule has 3 rings (SSSR count). The van der Waals surface area contributed by atoms with Crippen molar-refractivity contribution in [1.82, 2.24) is 10.6 Å². The maximum atomic E-state index is 12.5. The number of methoxy groups -OCH3 is 1. The highest BCUT2D eigenvalue weighted by molar-refractivity contribution is 5.94. The number of carbonyl (C=O) groups excluding carboxylic acids is 2. The third kappa shape index (κ3) is 4.82. The predicted molar refractivity (Wildman–Crippen MR) is 110 cm³/mol. The van der Waals surface area contributed by atoms with E-state index in [0.29, 0.717) is 30.8 Å². The van der Waals surface area contributed by atoms with Gasteiger partial charge in [-0.15, -0.1) is 0 Å². The van der Waals surface area contributed by atoms with Gasteiger partial charge in [-0.2, -0.15) is 0 Å². The maximum Gasteiger partial charge on any atom is 0.338 e. The van der Waals surface area contributed by atoms with Crippen LogP contribution in [-0.4, -0.2) is 64.5 Å². The molecule has 0 bridgehead atoms. The number of hydrogen-bond acceptors (Lipinski definition) is 5. The number of piperazine rings is 1. The zero-order valence-corrected chi connectivity index (χ0v) is 17.4. The van der Waals surface area contributed by atoms with Gasteiger partial charge in [-0.3, -0.25) is 0 Å². The van der Waals surface area contributed by atoms with Crippen LogP contribution in [0.15, 0.2) is 35.5 Å². The fraction of sp³-hybridized carbons (Fsp3) is 0.524. The van der Waals surface area contributed by atoms with E-state index in [1.807, 2.05) is 25.1 Å². The van der Waals surface area contributed by atoms with E-state index < -0.39 is 0 Å². The lowest BCUT2D eigenvalue weighted by molar-refractivity contribution is -0.896. The zero-order chi connectivity index (χ0) is 20.8. The van der Waals surface area contributed by atoms with Gasteiger partial charge in [-0.1, -0.05) is 19.1 Å². The number of amides is 2. The second-order valence-electron chi connectivity index (χ2n) is 7.26. The second-order valence-corrected chi connectivity index (χ2v) is 7.26. The van der Waals surface area contributed by atoms with Crippen molar-refractivity contribution < 1.29 is 24.0 Å². The molecule has 1 fully saturated rings. The summed E-state index contributed by atoms with van der Waals surface area (Å²) >= 11 is 0. The third-order valence-electron chi connectivity index (χ3n) is 5.47. The Morgan fingerprint density at radius 2 is 1.97 bits per heavy atom. The Labute approximate surface area is 171 Å². The number of nitrogens with one attached hydrogen (secondary N) is 3. The first-order chi connectivity index (χ1) is 14.1. The number of benzene rings is 1. The van der Waals surface area contributed by atoms with E-state index in [0.717, 1.165) is 37.6 Å². The molecule has 1 saturated heterocycles. The fourth-order valence-corrected chi connectivity index (χ4v) is 3.98. The van der Waals surface area contributed by atoms with Crippen LogP contribution in [0.5, 0.6) is 5.75 Å². The van der Waals surface area contributed by atoms with Gasteiger partial charge >= 0.3 is 12.0 Å². The normalized spacial score (nSPS) is 20.2. The molecule has 2 heterocycles. The highest BCUT2D eigenvalue weighted by Crippen LogP contribution is 2.27. The van der Waals surface area contributed by atoms with E-state index in [1.54, 1.807) is 14.0 Å². The lowest BCUT2D eigenvalue weighted by atomic mass is 10.00. The first-order valence-corrected chi connectivity index (χ1v) is 10.3. The Morgan fingerprint density at radius 1 is 1.24 bits per heavy atom. The number of anilines is 1. The summed E-state index contributed by atoms with van der Waals surface area (Å²) in [7, 11) is 1.69. The molecule has 0 unspecified atom stereocenters. The molecule has 1 aromatic rings. The van der Waals surface area contributed by atoms with Crippen LogP contribution in [0.3, 0.4) is 0 Å². The Kier molecular flexibility index (Phi) is 6.98. The number of hydrogen-bond donors (Lipinski definition) is 3. The van der Waals surface area contributed by atoms with E-state index in [2.05, 4.69) is 21.6 Å². The van der Waals surface area contributed by atoms with E-state index >= 15 is 0 Å². The smallest absolute Gasteiger partial charge is 0.338 e. The standard InChI is InChI=1S/C21H30N4O4/c1-4-15-19(20(26)29-5-2)16(23-21(27)22-15)14-24-10-12-25(13-11-24)17-8-6-7-9-18(17)28-3/h6-9,15H,4-5,10-14H2,1-3H3,(H2,22,23,27)/p+1/t15-/m0/s1. The molecular weight excluding hydrogens is 372 g/mol. The molecule has 2 aliphatic heterocycles. The molecule has 3 N–H and O–H groups in total. The zero-order valence-electron chi connectivity index (χ0n) is 17.4. The number of urea groups is 1. The lowest BCUT2D eigenvalue weighted by Gasteiger charge is -2.36. The molecule has 0 aromatic heterocycles. The van der Waals surface area contributed by atoms with Crippen LogP contribution < -0.4 is 25.2 Å². The van der Waals surface area contributed by atoms with Crippen molar-refractivity contribution in [3.8, 4) is 5.75 Å². The van der Waals surface area contributed by atoms with Crippen molar-refractivity contribution in [2.24, 2.45) is 0 Å². The lowest BCUT2D eigenvalue weighted by Crippen LogP contribution is -3.15. The number of carbonyl (C=O) groups is 2. The Balaban J connectivity index is 1.71. The molecular formula is C21H31N4O4+. The quantitative estimate of drug-likeness (QED) is 0.571. The molecule has 2 amide bonds. The van der Waals surface area contributed by atoms with Crippen LogP contribution in [0, 0.1) is 0 Å². The summed E-state index contributed by atoms with van der Waals surface area (Å²) in [5, 5.41) is 5.68. The highest BCUT2D eigenvalue weighted by atomic mass is 16.5. The fourth-order valence-electron chi connectivity index (χ4n) is 3.98. The monoisotopic (exact) mass is 403 g/mol. The predicted octanol–water partition coefficient (Wildman–Crippen LogP) is 0.309. The number of nitrogens with zero attached hydrogens (tertiary/aromatic N) is 1. The SMILES string of the molecule is CCOC(=O)C1=C(C[NH+]2CCN(c3ccccc3OC)CC2)NC(=O)N[C@H]1CC. The Hall–Kier alpha value is -2.74. The summed E-state index contributed by atoms with van der Waals surface area (Å²) in [6.07, 6.45) is 0.641. The minimum absolute atomic E-state index is 0.257. The van der Waals surface area contributed by atoms with E-state index in [9.17, 15) is 9.59 Å². The van der Waals surface area contributed by atoms with Gasteiger partial charge in [0.25, 0.3) is 0 Å². The van der Waals surface area contributed by atoms with Crippen molar-refractivity contribution >= 4 is 17.7 Å². The van der Waals surface area contributed by atoms with Crippen molar-refractivity contribution in [3.05, 3.63) is 35.5 Å². The molecule has 1 atom stereocenters. The topological polar surface area (TPSA) is 84.3 Å². The third-order valence-corrected chi connectivity index (χ3v) is 5.47. The Morgan fingerprint density at radius 3 is 2.62 bits per heavy atom. The van der Waals surface area contributed by atoms with Crippen LogP contribution >= 0.6 is 0 Å². The molecule has 0 saturated carbocycles. The van der Waals surface area contributed by atoms with E-state index in [1.165, 1.54) is 4.90 Å². The molecule has 2 aliphatic rings. The van der Waals surface area contributed by atoms with Crippen LogP contribution in [-0.2, 0) is 9.53 Å². The molecule has 158 valence electrons. The first-order valence-electron chi connectivity index (χ1n) is 10.3. The van der Waals surface area contributed by atoms with Gasteiger partial charge in [0.1, 0.15) is 12.3 Å². The van der Waals surface area contributed by atoms with Gasteiger partial charge in [0.2, 0.25) is 0 Å². The summed E-state index contributed by atoms with van der Waals surface area (Å²) in [4.78, 5) is 28.3. The largest absolute Gasteiger partial charge is 0.495 e.